The molecule has 0 radical (unpaired) electrons. The molecular weight excluding hydrogens is 268 g/mol. The molecular formula is C20H20N2. The van der Waals surface area contributed by atoms with Crippen LogP contribution in [0.5, 0.6) is 0 Å². The van der Waals surface area contributed by atoms with Gasteiger partial charge in [0.1, 0.15) is 0 Å². The van der Waals surface area contributed by atoms with Crippen molar-refractivity contribution in [2.75, 3.05) is 0 Å². The molecule has 2 heteroatoms. The highest BCUT2D eigenvalue weighted by Crippen LogP contribution is 2.27. The Kier molecular flexibility index (Phi) is 3.30. The van der Waals surface area contributed by atoms with Crippen molar-refractivity contribution in [3.8, 4) is 11.3 Å². The van der Waals surface area contributed by atoms with Crippen LogP contribution in [0.1, 0.15) is 22.3 Å². The lowest BCUT2D eigenvalue weighted by molar-refractivity contribution is 0.774. The fourth-order valence-electron chi connectivity index (χ4n) is 3.31. The van der Waals surface area contributed by atoms with Gasteiger partial charge in [-0.05, 0) is 60.1 Å². The third-order valence-corrected chi connectivity index (χ3v) is 4.68. The van der Waals surface area contributed by atoms with Crippen molar-refractivity contribution in [2.45, 2.75) is 25.7 Å². The van der Waals surface area contributed by atoms with Crippen LogP contribution in [0.3, 0.4) is 0 Å². The first-order chi connectivity index (χ1) is 10.8. The predicted octanol–water partition coefficient (Wildman–Crippen LogP) is 3.97. The van der Waals surface area contributed by atoms with Gasteiger partial charge in [0.05, 0.1) is 5.69 Å². The maximum absolute atomic E-state index is 4.34. The molecule has 4 aliphatic carbocycles. The molecule has 2 aromatic carbocycles. The summed E-state index contributed by atoms with van der Waals surface area (Å²) in [5.41, 5.74) is 8.22. The zero-order valence-electron chi connectivity index (χ0n) is 12.9. The summed E-state index contributed by atoms with van der Waals surface area (Å²) in [5, 5.41) is 4.34. The summed E-state index contributed by atoms with van der Waals surface area (Å²) in [6.07, 6.45) is 6.23. The molecule has 0 saturated heterocycles. The van der Waals surface area contributed by atoms with Gasteiger partial charge in [-0.25, -0.2) is 0 Å². The predicted molar refractivity (Wildman–Crippen MR) is 89.9 cm³/mol. The van der Waals surface area contributed by atoms with Gasteiger partial charge in [0.25, 0.3) is 0 Å². The Morgan fingerprint density at radius 1 is 0.773 bits per heavy atom. The van der Waals surface area contributed by atoms with Crippen molar-refractivity contribution in [3.05, 3.63) is 77.0 Å². The summed E-state index contributed by atoms with van der Waals surface area (Å²) in [4.78, 5) is 0. The molecule has 1 heterocycles. The Hall–Kier alpha value is -2.35. The van der Waals surface area contributed by atoms with Crippen molar-refractivity contribution in [2.24, 2.45) is 7.05 Å². The topological polar surface area (TPSA) is 17.8 Å². The lowest BCUT2D eigenvalue weighted by Gasteiger charge is -2.14. The number of benzene rings is 2. The minimum atomic E-state index is 1.07. The second kappa shape index (κ2) is 5.45. The molecule has 0 fully saturated rings. The van der Waals surface area contributed by atoms with Gasteiger partial charge in [0.15, 0.2) is 0 Å². The average molecular weight is 288 g/mol. The Bertz CT molecular complexity index is 797. The van der Waals surface area contributed by atoms with E-state index in [4.69, 9.17) is 0 Å². The van der Waals surface area contributed by atoms with E-state index in [1.807, 2.05) is 17.9 Å². The number of aryl methyl sites for hydroxylation is 5. The van der Waals surface area contributed by atoms with E-state index in [9.17, 15) is 0 Å². The van der Waals surface area contributed by atoms with Gasteiger partial charge < -0.3 is 0 Å². The van der Waals surface area contributed by atoms with E-state index in [2.05, 4.69) is 53.6 Å². The van der Waals surface area contributed by atoms with Gasteiger partial charge in [-0.2, -0.15) is 5.10 Å². The van der Waals surface area contributed by atoms with Crippen LogP contribution >= 0.6 is 0 Å². The number of nitrogens with zero attached hydrogens (tertiary/aromatic N) is 2. The molecule has 7 rings (SSSR count). The minimum Gasteiger partial charge on any atom is -0.268 e. The van der Waals surface area contributed by atoms with Gasteiger partial charge in [-0.1, -0.05) is 36.4 Å². The van der Waals surface area contributed by atoms with Gasteiger partial charge >= 0.3 is 0 Å². The van der Waals surface area contributed by atoms with Crippen molar-refractivity contribution >= 4 is 0 Å². The highest BCUT2D eigenvalue weighted by Gasteiger charge is 2.11. The highest BCUT2D eigenvalue weighted by atomic mass is 15.3. The molecule has 110 valence electrons. The second-order valence-corrected chi connectivity index (χ2v) is 6.15. The van der Waals surface area contributed by atoms with Crippen molar-refractivity contribution in [1.29, 1.82) is 0 Å². The molecule has 1 aromatic heterocycles. The molecule has 4 bridgehead atoms. The average Bonchev–Trinajstić information content (AvgIpc) is 2.96. The number of hydrogen-bond acceptors (Lipinski definition) is 1. The number of aromatic nitrogens is 2. The van der Waals surface area contributed by atoms with E-state index >= 15 is 0 Å². The second-order valence-electron chi connectivity index (χ2n) is 6.15. The first-order valence-corrected chi connectivity index (χ1v) is 7.97. The standard InChI is InChI=1S/C20H20N2/c1-22-20(12-13-21-22)19-14-17-7-6-15-2-4-16(5-3-15)8-10-18(19)11-9-17/h2-5,9,11-14H,6-8,10H2,1H3. The van der Waals surface area contributed by atoms with Crippen LogP contribution in [0.4, 0.5) is 0 Å². The third-order valence-electron chi connectivity index (χ3n) is 4.68. The molecule has 0 spiro atoms. The van der Waals surface area contributed by atoms with E-state index < -0.39 is 0 Å². The summed E-state index contributed by atoms with van der Waals surface area (Å²) < 4.78 is 1.97. The molecule has 0 N–H and O–H groups in total. The molecule has 0 unspecified atom stereocenters. The quantitative estimate of drug-likeness (QED) is 0.662. The summed E-state index contributed by atoms with van der Waals surface area (Å²) in [6, 6.07) is 18.2. The molecule has 0 amide bonds. The molecule has 0 atom stereocenters. The summed E-state index contributed by atoms with van der Waals surface area (Å²) in [7, 11) is 2.02. The lowest BCUT2D eigenvalue weighted by Crippen LogP contribution is -2.02. The monoisotopic (exact) mass is 288 g/mol. The zero-order chi connectivity index (χ0) is 14.9. The molecule has 0 aliphatic heterocycles. The Balaban J connectivity index is 1.81. The first kappa shape index (κ1) is 13.3. The van der Waals surface area contributed by atoms with E-state index in [0.717, 1.165) is 25.7 Å². The largest absolute Gasteiger partial charge is 0.268 e. The highest BCUT2D eigenvalue weighted by molar-refractivity contribution is 5.65. The van der Waals surface area contributed by atoms with Crippen LogP contribution in [0.2, 0.25) is 0 Å². The van der Waals surface area contributed by atoms with Crippen molar-refractivity contribution < 1.29 is 0 Å². The summed E-state index contributed by atoms with van der Waals surface area (Å²) >= 11 is 0. The van der Waals surface area contributed by atoms with Crippen molar-refractivity contribution in [1.82, 2.24) is 9.78 Å². The Morgan fingerprint density at radius 2 is 1.41 bits per heavy atom. The minimum absolute atomic E-state index is 1.07. The van der Waals surface area contributed by atoms with Gasteiger partial charge in [0, 0.05) is 18.8 Å². The number of hydrogen-bond donors (Lipinski definition) is 0. The Labute approximate surface area is 131 Å². The van der Waals surface area contributed by atoms with Crippen LogP contribution in [0.25, 0.3) is 11.3 Å². The fourth-order valence-corrected chi connectivity index (χ4v) is 3.31. The molecule has 0 saturated carbocycles. The van der Waals surface area contributed by atoms with Crippen LogP contribution in [-0.4, -0.2) is 9.78 Å². The van der Waals surface area contributed by atoms with E-state index in [1.165, 1.54) is 33.5 Å². The van der Waals surface area contributed by atoms with Crippen LogP contribution < -0.4 is 0 Å². The van der Waals surface area contributed by atoms with Crippen LogP contribution in [0, 0.1) is 0 Å². The molecule has 22 heavy (non-hydrogen) atoms. The number of rotatable bonds is 1. The SMILES string of the molecule is Cn1nccc1-c1cc2ccc1CCc1ccc(cc1)CC2. The molecule has 2 nitrogen and oxygen atoms in total. The molecule has 3 aromatic rings. The first-order valence-electron chi connectivity index (χ1n) is 7.97. The zero-order valence-corrected chi connectivity index (χ0v) is 12.9. The Morgan fingerprint density at radius 3 is 2.09 bits per heavy atom. The van der Waals surface area contributed by atoms with Gasteiger partial charge in [0.2, 0.25) is 0 Å². The van der Waals surface area contributed by atoms with E-state index in [0.29, 0.717) is 0 Å². The molecule has 4 aliphatic rings. The van der Waals surface area contributed by atoms with E-state index in [-0.39, 0.29) is 0 Å². The lowest BCUT2D eigenvalue weighted by atomic mass is 9.92. The summed E-state index contributed by atoms with van der Waals surface area (Å²) in [5.74, 6) is 0. The normalized spacial score (nSPS) is 13.9. The third kappa shape index (κ3) is 2.45. The van der Waals surface area contributed by atoms with Gasteiger partial charge in [-0.15, -0.1) is 0 Å². The summed E-state index contributed by atoms with van der Waals surface area (Å²) in [6.45, 7) is 0. The van der Waals surface area contributed by atoms with Crippen LogP contribution in [0.15, 0.2) is 54.7 Å². The smallest absolute Gasteiger partial charge is 0.0681 e. The van der Waals surface area contributed by atoms with E-state index in [1.54, 1.807) is 0 Å². The van der Waals surface area contributed by atoms with Gasteiger partial charge in [-0.3, -0.25) is 4.68 Å². The maximum Gasteiger partial charge on any atom is 0.0681 e. The maximum atomic E-state index is 4.34. The van der Waals surface area contributed by atoms with Crippen molar-refractivity contribution in [3.63, 3.8) is 0 Å². The fraction of sp³-hybridized carbons (Fsp3) is 0.250. The van der Waals surface area contributed by atoms with Crippen LogP contribution in [-0.2, 0) is 32.7 Å².